The van der Waals surface area contributed by atoms with E-state index < -0.39 is 22.0 Å². The molecule has 0 bridgehead atoms. The molecule has 3 aromatic carbocycles. The number of nitrogens with zero attached hydrogens (tertiary/aromatic N) is 1. The van der Waals surface area contributed by atoms with Crippen molar-refractivity contribution in [1.29, 1.82) is 0 Å². The standard InChI is InChI=1S/C29H27FN2O6S/c1-3-4-15-38-22-9-12-24(13-10-22)39(35,36)31-27(29(33)34)16-21-19-32(18-20-7-5-6-8-26(20)30)28-14-11-23(37-2)17-25(21)28/h5-14,17,19,27,31H,15-16,18H2,1-2H3,(H,33,34)/t27-/m0/s1. The fourth-order valence-corrected chi connectivity index (χ4v) is 5.33. The maximum absolute atomic E-state index is 14.4. The average molecular weight is 551 g/mol. The molecule has 0 aliphatic rings. The van der Waals surface area contributed by atoms with Gasteiger partial charge in [0, 0.05) is 29.1 Å². The van der Waals surface area contributed by atoms with Gasteiger partial charge in [-0.2, -0.15) is 4.72 Å². The molecular weight excluding hydrogens is 523 g/mol. The molecule has 0 unspecified atom stereocenters. The number of aromatic nitrogens is 1. The summed E-state index contributed by atoms with van der Waals surface area (Å²) in [4.78, 5) is 12.1. The number of carboxylic acid groups (broad SMARTS) is 1. The summed E-state index contributed by atoms with van der Waals surface area (Å²) in [5, 5.41) is 10.6. The van der Waals surface area contributed by atoms with Crippen LogP contribution in [0.3, 0.4) is 0 Å². The SMILES string of the molecule is CC#CCOc1ccc(S(=O)(=O)N[C@@H](Cc2cn(Cc3ccccc3F)c3ccc(OC)cc23)C(=O)O)cc1. The second-order valence-electron chi connectivity index (χ2n) is 8.66. The number of carboxylic acids is 1. The number of methoxy groups -OCH3 is 1. The molecule has 0 saturated heterocycles. The number of nitrogens with one attached hydrogen (secondary N) is 1. The molecule has 4 aromatic rings. The largest absolute Gasteiger partial charge is 0.497 e. The Morgan fingerprint density at radius 2 is 1.79 bits per heavy atom. The summed E-state index contributed by atoms with van der Waals surface area (Å²) in [5.74, 6) is 4.72. The smallest absolute Gasteiger partial charge is 0.322 e. The Labute approximate surface area is 226 Å². The third-order valence-electron chi connectivity index (χ3n) is 6.11. The van der Waals surface area contributed by atoms with Gasteiger partial charge in [-0.25, -0.2) is 12.8 Å². The van der Waals surface area contributed by atoms with Crippen LogP contribution in [0.15, 0.2) is 77.8 Å². The Kier molecular flexibility index (Phi) is 8.54. The van der Waals surface area contributed by atoms with Crippen molar-refractivity contribution in [1.82, 2.24) is 9.29 Å². The Morgan fingerprint density at radius 1 is 1.08 bits per heavy atom. The van der Waals surface area contributed by atoms with E-state index in [-0.39, 0.29) is 30.3 Å². The summed E-state index contributed by atoms with van der Waals surface area (Å²) in [5.41, 5.74) is 1.75. The summed E-state index contributed by atoms with van der Waals surface area (Å²) in [6, 6.07) is 15.8. The van der Waals surface area contributed by atoms with Crippen molar-refractivity contribution in [3.8, 4) is 23.3 Å². The minimum Gasteiger partial charge on any atom is -0.497 e. The zero-order valence-corrected chi connectivity index (χ0v) is 22.2. The molecule has 0 fully saturated rings. The summed E-state index contributed by atoms with van der Waals surface area (Å²) in [6.45, 7) is 2.05. The number of benzene rings is 3. The quantitative estimate of drug-likeness (QED) is 0.271. The number of ether oxygens (including phenoxy) is 2. The highest BCUT2D eigenvalue weighted by Crippen LogP contribution is 2.28. The number of carbonyl (C=O) groups is 1. The van der Waals surface area contributed by atoms with E-state index in [1.54, 1.807) is 54.1 Å². The van der Waals surface area contributed by atoms with Crippen molar-refractivity contribution in [2.45, 2.75) is 30.8 Å². The highest BCUT2D eigenvalue weighted by atomic mass is 32.2. The first-order chi connectivity index (χ1) is 18.7. The summed E-state index contributed by atoms with van der Waals surface area (Å²) in [6.07, 6.45) is 1.56. The third-order valence-corrected chi connectivity index (χ3v) is 7.60. The molecule has 202 valence electrons. The predicted molar refractivity (Wildman–Crippen MR) is 145 cm³/mol. The average Bonchev–Trinajstić information content (AvgIpc) is 3.26. The van der Waals surface area contributed by atoms with Crippen LogP contribution in [-0.4, -0.2) is 43.8 Å². The Bertz CT molecular complexity index is 1650. The van der Waals surface area contributed by atoms with Crippen LogP contribution >= 0.6 is 0 Å². The molecular formula is C29H27FN2O6S. The Hall–Kier alpha value is -4.33. The van der Waals surface area contributed by atoms with Crippen molar-refractivity contribution in [2.24, 2.45) is 0 Å². The predicted octanol–water partition coefficient (Wildman–Crippen LogP) is 4.21. The number of halogens is 1. The van der Waals surface area contributed by atoms with E-state index in [1.807, 2.05) is 0 Å². The van der Waals surface area contributed by atoms with Crippen molar-refractivity contribution in [2.75, 3.05) is 13.7 Å². The minimum atomic E-state index is -4.18. The van der Waals surface area contributed by atoms with E-state index in [0.29, 0.717) is 28.0 Å². The highest BCUT2D eigenvalue weighted by molar-refractivity contribution is 7.89. The first kappa shape index (κ1) is 27.7. The molecule has 2 N–H and O–H groups in total. The summed E-state index contributed by atoms with van der Waals surface area (Å²) >= 11 is 0. The van der Waals surface area contributed by atoms with E-state index in [4.69, 9.17) is 9.47 Å². The first-order valence-corrected chi connectivity index (χ1v) is 13.5. The molecule has 1 heterocycles. The maximum atomic E-state index is 14.4. The Balaban J connectivity index is 1.62. The molecule has 0 saturated carbocycles. The van der Waals surface area contributed by atoms with E-state index in [1.165, 1.54) is 37.4 Å². The molecule has 1 aromatic heterocycles. The van der Waals surface area contributed by atoms with Gasteiger partial charge in [0.1, 0.15) is 30.0 Å². The van der Waals surface area contributed by atoms with Crippen molar-refractivity contribution >= 4 is 26.9 Å². The lowest BCUT2D eigenvalue weighted by atomic mass is 10.1. The van der Waals surface area contributed by atoms with Gasteiger partial charge in [0.25, 0.3) is 0 Å². The van der Waals surface area contributed by atoms with Crippen LogP contribution in [-0.2, 0) is 27.8 Å². The lowest BCUT2D eigenvalue weighted by Gasteiger charge is -2.15. The zero-order chi connectivity index (χ0) is 28.0. The second kappa shape index (κ2) is 12.0. The molecule has 0 radical (unpaired) electrons. The highest BCUT2D eigenvalue weighted by Gasteiger charge is 2.27. The summed E-state index contributed by atoms with van der Waals surface area (Å²) in [7, 11) is -2.66. The van der Waals surface area contributed by atoms with Crippen LogP contribution < -0.4 is 14.2 Å². The number of rotatable bonds is 11. The van der Waals surface area contributed by atoms with Crippen LogP contribution in [0.2, 0.25) is 0 Å². The van der Waals surface area contributed by atoms with Gasteiger partial charge in [-0.05, 0) is 61.0 Å². The number of fused-ring (bicyclic) bond motifs is 1. The number of sulfonamides is 1. The van der Waals surface area contributed by atoms with Crippen LogP contribution in [0.1, 0.15) is 18.1 Å². The number of hydrogen-bond donors (Lipinski definition) is 2. The molecule has 39 heavy (non-hydrogen) atoms. The van der Waals surface area contributed by atoms with Gasteiger partial charge in [0.15, 0.2) is 0 Å². The van der Waals surface area contributed by atoms with Gasteiger partial charge < -0.3 is 19.1 Å². The zero-order valence-electron chi connectivity index (χ0n) is 21.3. The van der Waals surface area contributed by atoms with Crippen molar-refractivity contribution in [3.05, 3.63) is 89.9 Å². The lowest BCUT2D eigenvalue weighted by molar-refractivity contribution is -0.138. The first-order valence-electron chi connectivity index (χ1n) is 12.0. The minimum absolute atomic E-state index is 0.105. The van der Waals surface area contributed by atoms with Gasteiger partial charge in [-0.1, -0.05) is 24.1 Å². The molecule has 4 rings (SSSR count). The van der Waals surface area contributed by atoms with Gasteiger partial charge in [0.2, 0.25) is 10.0 Å². The molecule has 1 atom stereocenters. The fraction of sp³-hybridized carbons (Fsp3) is 0.207. The Morgan fingerprint density at radius 3 is 2.46 bits per heavy atom. The molecule has 0 spiro atoms. The van der Waals surface area contributed by atoms with Gasteiger partial charge in [-0.15, -0.1) is 5.92 Å². The molecule has 0 amide bonds. The topological polar surface area (TPSA) is 107 Å². The van der Waals surface area contributed by atoms with Crippen LogP contribution in [0.25, 0.3) is 10.9 Å². The van der Waals surface area contributed by atoms with Crippen LogP contribution in [0, 0.1) is 17.7 Å². The summed E-state index contributed by atoms with van der Waals surface area (Å²) < 4.78 is 55.3. The fourth-order valence-electron chi connectivity index (χ4n) is 4.14. The molecule has 0 aliphatic carbocycles. The van der Waals surface area contributed by atoms with E-state index in [2.05, 4.69) is 16.6 Å². The van der Waals surface area contributed by atoms with Gasteiger partial charge in [-0.3, -0.25) is 4.79 Å². The lowest BCUT2D eigenvalue weighted by Crippen LogP contribution is -2.42. The normalized spacial score (nSPS) is 12.0. The van der Waals surface area contributed by atoms with E-state index in [9.17, 15) is 22.7 Å². The molecule has 10 heteroatoms. The van der Waals surface area contributed by atoms with E-state index in [0.717, 1.165) is 5.52 Å². The number of aliphatic carboxylic acids is 1. The maximum Gasteiger partial charge on any atom is 0.322 e. The molecule has 0 aliphatic heterocycles. The number of hydrogen-bond acceptors (Lipinski definition) is 5. The monoisotopic (exact) mass is 550 g/mol. The second-order valence-corrected chi connectivity index (χ2v) is 10.4. The van der Waals surface area contributed by atoms with Gasteiger partial charge >= 0.3 is 5.97 Å². The van der Waals surface area contributed by atoms with Gasteiger partial charge in [0.05, 0.1) is 18.6 Å². The van der Waals surface area contributed by atoms with Crippen LogP contribution in [0.4, 0.5) is 4.39 Å². The molecule has 8 nitrogen and oxygen atoms in total. The van der Waals surface area contributed by atoms with Crippen molar-refractivity contribution in [3.63, 3.8) is 0 Å². The van der Waals surface area contributed by atoms with E-state index >= 15 is 0 Å². The van der Waals surface area contributed by atoms with Crippen LogP contribution in [0.5, 0.6) is 11.5 Å². The third kappa shape index (κ3) is 6.57. The van der Waals surface area contributed by atoms with Crippen molar-refractivity contribution < 1.29 is 32.2 Å².